The van der Waals surface area contributed by atoms with E-state index >= 15 is 0 Å². The fourth-order valence-electron chi connectivity index (χ4n) is 3.82. The van der Waals surface area contributed by atoms with Crippen LogP contribution in [0.1, 0.15) is 49.9 Å². The van der Waals surface area contributed by atoms with E-state index in [0.29, 0.717) is 39.5 Å². The topological polar surface area (TPSA) is 92.0 Å². The Kier molecular flexibility index (Phi) is 4.43. The van der Waals surface area contributed by atoms with Crippen LogP contribution in [0.25, 0.3) is 6.08 Å². The molecule has 2 aliphatic rings. The zero-order valence-electron chi connectivity index (χ0n) is 16.4. The van der Waals surface area contributed by atoms with Crippen LogP contribution in [-0.4, -0.2) is 24.8 Å². The summed E-state index contributed by atoms with van der Waals surface area (Å²) in [7, 11) is 1.31. The highest BCUT2D eigenvalue weighted by Gasteiger charge is 2.39. The largest absolute Gasteiger partial charge is 0.469 e. The van der Waals surface area contributed by atoms with Crippen molar-refractivity contribution in [2.75, 3.05) is 7.11 Å². The predicted molar refractivity (Wildman–Crippen MR) is 108 cm³/mol. The van der Waals surface area contributed by atoms with Crippen molar-refractivity contribution in [3.05, 3.63) is 88.6 Å². The number of ketones is 1. The Labute approximate surface area is 176 Å². The van der Waals surface area contributed by atoms with Crippen molar-refractivity contribution in [2.45, 2.75) is 12.3 Å². The quantitative estimate of drug-likeness (QED) is 0.360. The molecule has 0 bridgehead atoms. The van der Waals surface area contributed by atoms with E-state index in [9.17, 15) is 14.4 Å². The maximum atomic E-state index is 13.0. The first-order valence-electron chi connectivity index (χ1n) is 9.58. The van der Waals surface area contributed by atoms with Gasteiger partial charge in [-0.1, -0.05) is 12.1 Å². The van der Waals surface area contributed by atoms with E-state index in [1.54, 1.807) is 54.6 Å². The van der Waals surface area contributed by atoms with Gasteiger partial charge in [0.15, 0.2) is 5.76 Å². The van der Waals surface area contributed by atoms with E-state index < -0.39 is 11.9 Å². The zero-order chi connectivity index (χ0) is 21.5. The molecule has 2 aliphatic heterocycles. The summed E-state index contributed by atoms with van der Waals surface area (Å²) in [5, 5.41) is 0. The van der Waals surface area contributed by atoms with Gasteiger partial charge in [-0.25, -0.2) is 4.79 Å². The van der Waals surface area contributed by atoms with Crippen molar-refractivity contribution in [1.82, 2.24) is 0 Å². The second-order valence-corrected chi connectivity index (χ2v) is 7.15. The molecule has 0 saturated heterocycles. The Bertz CT molecular complexity index is 1230. The molecule has 0 amide bonds. The molecule has 1 aromatic heterocycles. The normalized spacial score (nSPS) is 18.2. The molecule has 154 valence electrons. The SMILES string of the molecule is COC(=O)c1ccc(/C=C2\Oc3c(ccc4c3[C@@H](c3ccco3)CC(=O)O4)C2=O)cc1. The van der Waals surface area contributed by atoms with Crippen molar-refractivity contribution < 1.29 is 33.0 Å². The van der Waals surface area contributed by atoms with E-state index in [0.717, 1.165) is 0 Å². The summed E-state index contributed by atoms with van der Waals surface area (Å²) in [5.41, 5.74) is 2.10. The van der Waals surface area contributed by atoms with Crippen LogP contribution in [-0.2, 0) is 9.53 Å². The number of methoxy groups -OCH3 is 1. The number of esters is 2. The molecule has 5 rings (SSSR count). The molecule has 0 N–H and O–H groups in total. The minimum Gasteiger partial charge on any atom is -0.469 e. The molecule has 1 atom stereocenters. The Hall–Kier alpha value is -4.13. The van der Waals surface area contributed by atoms with Gasteiger partial charge in [0.1, 0.15) is 17.3 Å². The van der Waals surface area contributed by atoms with Gasteiger partial charge in [0, 0.05) is 5.56 Å². The molecule has 3 heterocycles. The lowest BCUT2D eigenvalue weighted by molar-refractivity contribution is -0.135. The summed E-state index contributed by atoms with van der Waals surface area (Å²) in [5.74, 6) is -0.0357. The molecule has 7 heteroatoms. The van der Waals surface area contributed by atoms with Gasteiger partial charge in [-0.2, -0.15) is 0 Å². The molecule has 7 nitrogen and oxygen atoms in total. The predicted octanol–water partition coefficient (Wildman–Crippen LogP) is 4.12. The van der Waals surface area contributed by atoms with E-state index in [4.69, 9.17) is 18.6 Å². The summed E-state index contributed by atoms with van der Waals surface area (Å²) in [4.78, 5) is 36.6. The van der Waals surface area contributed by atoms with Crippen molar-refractivity contribution in [2.24, 2.45) is 0 Å². The molecule has 0 unspecified atom stereocenters. The molecule has 2 aromatic carbocycles. The molecule has 0 aliphatic carbocycles. The molecule has 0 fully saturated rings. The highest BCUT2D eigenvalue weighted by Crippen LogP contribution is 2.49. The first-order valence-corrected chi connectivity index (χ1v) is 9.58. The lowest BCUT2D eigenvalue weighted by Crippen LogP contribution is -2.21. The number of rotatable bonds is 3. The lowest BCUT2D eigenvalue weighted by Gasteiger charge is -2.24. The standard InChI is InChI=1S/C24H16O7/c1-28-24(27)14-6-4-13(5-7-14)11-19-22(26)15-8-9-18-21(23(15)31-19)16(12-20(25)30-18)17-3-2-10-29-17/h2-11,16H,12H2,1H3/b19-11-/t16-/m1/s1. The van der Waals surface area contributed by atoms with Gasteiger partial charge in [0.2, 0.25) is 5.78 Å². The fraction of sp³-hybridized carbons (Fsp3) is 0.125. The van der Waals surface area contributed by atoms with Crippen molar-refractivity contribution in [1.29, 1.82) is 0 Å². The van der Waals surface area contributed by atoms with E-state index in [-0.39, 0.29) is 23.9 Å². The number of furan rings is 1. The second kappa shape index (κ2) is 7.28. The van der Waals surface area contributed by atoms with Crippen LogP contribution in [0.5, 0.6) is 11.5 Å². The second-order valence-electron chi connectivity index (χ2n) is 7.15. The Balaban J connectivity index is 1.53. The maximum absolute atomic E-state index is 13.0. The fourth-order valence-corrected chi connectivity index (χ4v) is 3.82. The Morgan fingerprint density at radius 3 is 2.58 bits per heavy atom. The van der Waals surface area contributed by atoms with Gasteiger partial charge in [-0.3, -0.25) is 9.59 Å². The lowest BCUT2D eigenvalue weighted by atomic mass is 9.88. The first-order chi connectivity index (χ1) is 15.0. The Morgan fingerprint density at radius 2 is 1.87 bits per heavy atom. The number of ether oxygens (including phenoxy) is 3. The minimum atomic E-state index is -0.440. The van der Waals surface area contributed by atoms with Crippen LogP contribution in [0.3, 0.4) is 0 Å². The molecule has 0 spiro atoms. The minimum absolute atomic E-state index is 0.0859. The van der Waals surface area contributed by atoms with Gasteiger partial charge in [0.25, 0.3) is 0 Å². The third-order valence-electron chi connectivity index (χ3n) is 5.30. The van der Waals surface area contributed by atoms with Gasteiger partial charge >= 0.3 is 11.9 Å². The number of allylic oxidation sites excluding steroid dienone is 1. The number of fused-ring (bicyclic) bond motifs is 3. The zero-order valence-corrected chi connectivity index (χ0v) is 16.4. The summed E-state index contributed by atoms with van der Waals surface area (Å²) in [6, 6.07) is 13.3. The highest BCUT2D eigenvalue weighted by molar-refractivity contribution is 6.15. The number of hydrogen-bond donors (Lipinski definition) is 0. The van der Waals surface area contributed by atoms with Crippen LogP contribution < -0.4 is 9.47 Å². The molecule has 0 radical (unpaired) electrons. The summed E-state index contributed by atoms with van der Waals surface area (Å²) in [6.07, 6.45) is 3.22. The summed E-state index contributed by atoms with van der Waals surface area (Å²) >= 11 is 0. The van der Waals surface area contributed by atoms with Crippen LogP contribution in [0.15, 0.2) is 65.0 Å². The van der Waals surface area contributed by atoms with Crippen LogP contribution in [0, 0.1) is 0 Å². The van der Waals surface area contributed by atoms with Crippen molar-refractivity contribution in [3.63, 3.8) is 0 Å². The number of hydrogen-bond acceptors (Lipinski definition) is 7. The smallest absolute Gasteiger partial charge is 0.337 e. The third kappa shape index (κ3) is 3.20. The molecule has 31 heavy (non-hydrogen) atoms. The molecular weight excluding hydrogens is 400 g/mol. The van der Waals surface area contributed by atoms with Crippen molar-refractivity contribution >= 4 is 23.8 Å². The number of Topliss-reactive ketones (excluding diaryl/α,β-unsaturated/α-hetero) is 1. The number of carbonyl (C=O) groups excluding carboxylic acids is 3. The Morgan fingerprint density at radius 1 is 1.06 bits per heavy atom. The van der Waals surface area contributed by atoms with Gasteiger partial charge in [0.05, 0.1) is 36.8 Å². The van der Waals surface area contributed by atoms with E-state index in [1.165, 1.54) is 13.4 Å². The molecule has 3 aromatic rings. The van der Waals surface area contributed by atoms with Gasteiger partial charge < -0.3 is 18.6 Å². The summed E-state index contributed by atoms with van der Waals surface area (Å²) in [6.45, 7) is 0. The third-order valence-corrected chi connectivity index (χ3v) is 5.30. The van der Waals surface area contributed by atoms with Crippen LogP contribution >= 0.6 is 0 Å². The van der Waals surface area contributed by atoms with E-state index in [1.807, 2.05) is 0 Å². The van der Waals surface area contributed by atoms with Crippen LogP contribution in [0.4, 0.5) is 0 Å². The average Bonchev–Trinajstić information content (AvgIpc) is 3.42. The number of benzene rings is 2. The monoisotopic (exact) mass is 416 g/mol. The van der Waals surface area contributed by atoms with Crippen molar-refractivity contribution in [3.8, 4) is 11.5 Å². The molecular formula is C24H16O7. The highest BCUT2D eigenvalue weighted by atomic mass is 16.5. The van der Waals surface area contributed by atoms with Crippen LogP contribution in [0.2, 0.25) is 0 Å². The maximum Gasteiger partial charge on any atom is 0.337 e. The van der Waals surface area contributed by atoms with Gasteiger partial charge in [-0.15, -0.1) is 0 Å². The summed E-state index contributed by atoms with van der Waals surface area (Å²) < 4.78 is 21.6. The van der Waals surface area contributed by atoms with Gasteiger partial charge in [-0.05, 0) is 48.0 Å². The molecule has 0 saturated carbocycles. The van der Waals surface area contributed by atoms with E-state index in [2.05, 4.69) is 0 Å². The first kappa shape index (κ1) is 18.9. The number of carbonyl (C=O) groups is 3. The average molecular weight is 416 g/mol.